The van der Waals surface area contributed by atoms with E-state index in [0.29, 0.717) is 30.6 Å². The third kappa shape index (κ3) is 5.63. The molecule has 0 aliphatic carbocycles. The van der Waals surface area contributed by atoms with E-state index in [0.717, 1.165) is 12.1 Å². The average Bonchev–Trinajstić information content (AvgIpc) is 2.44. The van der Waals surface area contributed by atoms with E-state index >= 15 is 0 Å². The van der Waals surface area contributed by atoms with Gasteiger partial charge >= 0.3 is 5.97 Å². The van der Waals surface area contributed by atoms with Gasteiger partial charge in [-0.15, -0.1) is 0 Å². The number of carbonyl (C=O) groups is 1. The largest absolute Gasteiger partial charge is 0.490 e. The molecule has 5 heteroatoms. The molecule has 1 rings (SSSR count). The van der Waals surface area contributed by atoms with Gasteiger partial charge in [0.05, 0.1) is 6.61 Å². The van der Waals surface area contributed by atoms with Gasteiger partial charge in [0.25, 0.3) is 0 Å². The predicted octanol–water partition coefficient (Wildman–Crippen LogP) is 2.83. The molecule has 0 amide bonds. The van der Waals surface area contributed by atoms with Gasteiger partial charge in [-0.3, -0.25) is 0 Å². The highest BCUT2D eigenvalue weighted by molar-refractivity contribution is 5.72. The Bertz CT molecular complexity index is 460. The summed E-state index contributed by atoms with van der Waals surface area (Å²) in [6, 6.07) is 5.98. The van der Waals surface area contributed by atoms with Crippen molar-refractivity contribution in [1.29, 1.82) is 0 Å². The van der Waals surface area contributed by atoms with Crippen LogP contribution in [0.25, 0.3) is 0 Å². The third-order valence-electron chi connectivity index (χ3n) is 2.94. The fraction of sp³-hybridized carbons (Fsp3) is 0.562. The first-order valence-electron chi connectivity index (χ1n) is 7.36. The van der Waals surface area contributed by atoms with Crippen LogP contribution >= 0.6 is 0 Å². The number of carboxylic acids is 1. The highest BCUT2D eigenvalue weighted by Gasteiger charge is 2.19. The van der Waals surface area contributed by atoms with Crippen LogP contribution in [0.5, 0.6) is 11.5 Å². The Hall–Kier alpha value is -1.75. The molecule has 0 aliphatic heterocycles. The van der Waals surface area contributed by atoms with Gasteiger partial charge in [-0.2, -0.15) is 0 Å². The van der Waals surface area contributed by atoms with Gasteiger partial charge < -0.3 is 19.9 Å². The van der Waals surface area contributed by atoms with Crippen LogP contribution in [0.15, 0.2) is 18.2 Å². The predicted molar refractivity (Wildman–Crippen MR) is 81.9 cm³/mol. The Kier molecular flexibility index (Phi) is 7.02. The van der Waals surface area contributed by atoms with Gasteiger partial charge in [-0.1, -0.05) is 26.8 Å². The van der Waals surface area contributed by atoms with Crippen LogP contribution in [0.2, 0.25) is 0 Å². The van der Waals surface area contributed by atoms with Gasteiger partial charge in [0, 0.05) is 12.6 Å². The number of rotatable bonds is 9. The molecule has 1 aromatic carbocycles. The van der Waals surface area contributed by atoms with Crippen molar-refractivity contribution in [1.82, 2.24) is 5.32 Å². The van der Waals surface area contributed by atoms with Gasteiger partial charge in [0.2, 0.25) is 0 Å². The smallest absolute Gasteiger partial charge is 0.344 e. The molecule has 0 spiro atoms. The molecule has 0 saturated heterocycles. The number of benzene rings is 1. The maximum atomic E-state index is 11.1. The van der Waals surface area contributed by atoms with Crippen molar-refractivity contribution in [3.8, 4) is 11.5 Å². The van der Waals surface area contributed by atoms with Crippen LogP contribution in [0, 0.1) is 0 Å². The number of nitrogens with one attached hydrogen (secondary N) is 1. The minimum absolute atomic E-state index is 0.396. The maximum Gasteiger partial charge on any atom is 0.344 e. The van der Waals surface area contributed by atoms with Crippen LogP contribution in [-0.4, -0.2) is 29.8 Å². The van der Waals surface area contributed by atoms with Crippen LogP contribution in [0.1, 0.15) is 39.7 Å². The molecular formula is C16H25NO4. The Morgan fingerprint density at radius 2 is 2.00 bits per heavy atom. The molecule has 1 aromatic rings. The topological polar surface area (TPSA) is 67.8 Å². The van der Waals surface area contributed by atoms with E-state index in [4.69, 9.17) is 14.6 Å². The van der Waals surface area contributed by atoms with E-state index in [-0.39, 0.29) is 0 Å². The van der Waals surface area contributed by atoms with Crippen LogP contribution in [-0.2, 0) is 11.3 Å². The summed E-state index contributed by atoms with van der Waals surface area (Å²) in [7, 11) is 0. The van der Waals surface area contributed by atoms with E-state index in [1.165, 1.54) is 0 Å². The molecule has 0 aromatic heterocycles. The van der Waals surface area contributed by atoms with Gasteiger partial charge in [-0.05, 0) is 31.0 Å². The number of hydrogen-bond donors (Lipinski definition) is 2. The van der Waals surface area contributed by atoms with Crippen molar-refractivity contribution in [2.75, 3.05) is 6.61 Å². The molecule has 1 unspecified atom stereocenters. The second-order valence-corrected chi connectivity index (χ2v) is 5.10. The minimum Gasteiger partial charge on any atom is -0.490 e. The van der Waals surface area contributed by atoms with Crippen molar-refractivity contribution >= 4 is 5.97 Å². The zero-order valence-electron chi connectivity index (χ0n) is 13.2. The third-order valence-corrected chi connectivity index (χ3v) is 2.94. The zero-order valence-corrected chi connectivity index (χ0v) is 13.2. The summed E-state index contributed by atoms with van der Waals surface area (Å²) in [6.45, 7) is 9.06. The standard InChI is InChI=1S/C16H25NO4/c1-5-13(16(18)19)21-14-8-7-12(10-17-11(3)4)9-15(14)20-6-2/h7-9,11,13,17H,5-6,10H2,1-4H3,(H,18,19). The summed E-state index contributed by atoms with van der Waals surface area (Å²) >= 11 is 0. The van der Waals surface area contributed by atoms with E-state index in [1.54, 1.807) is 13.0 Å². The summed E-state index contributed by atoms with van der Waals surface area (Å²) in [5.41, 5.74) is 1.07. The number of aliphatic carboxylic acids is 1. The number of ether oxygens (including phenoxy) is 2. The molecule has 0 bridgehead atoms. The van der Waals surface area contributed by atoms with Gasteiger partial charge in [0.15, 0.2) is 17.6 Å². The second kappa shape index (κ2) is 8.52. The monoisotopic (exact) mass is 295 g/mol. The van der Waals surface area contributed by atoms with Crippen molar-refractivity contribution < 1.29 is 19.4 Å². The highest BCUT2D eigenvalue weighted by Crippen LogP contribution is 2.30. The normalized spacial score (nSPS) is 12.2. The average molecular weight is 295 g/mol. The Labute approximate surface area is 126 Å². The second-order valence-electron chi connectivity index (χ2n) is 5.10. The van der Waals surface area contributed by atoms with Gasteiger partial charge in [-0.25, -0.2) is 4.79 Å². The molecule has 0 fully saturated rings. The molecule has 21 heavy (non-hydrogen) atoms. The Balaban J connectivity index is 2.90. The van der Waals surface area contributed by atoms with E-state index in [9.17, 15) is 4.79 Å². The van der Waals surface area contributed by atoms with E-state index < -0.39 is 12.1 Å². The zero-order chi connectivity index (χ0) is 15.8. The van der Waals surface area contributed by atoms with Crippen molar-refractivity contribution in [2.45, 2.75) is 52.8 Å². The molecule has 0 saturated carbocycles. The Morgan fingerprint density at radius 1 is 1.29 bits per heavy atom. The van der Waals surface area contributed by atoms with Crippen LogP contribution in [0.4, 0.5) is 0 Å². The Morgan fingerprint density at radius 3 is 2.52 bits per heavy atom. The van der Waals surface area contributed by atoms with Crippen LogP contribution < -0.4 is 14.8 Å². The number of carboxylic acid groups (broad SMARTS) is 1. The quantitative estimate of drug-likeness (QED) is 0.733. The first kappa shape index (κ1) is 17.3. The SMILES string of the molecule is CCOc1cc(CNC(C)C)ccc1OC(CC)C(=O)O. The molecule has 118 valence electrons. The lowest BCUT2D eigenvalue weighted by atomic mass is 10.2. The summed E-state index contributed by atoms with van der Waals surface area (Å²) in [5, 5.41) is 12.4. The summed E-state index contributed by atoms with van der Waals surface area (Å²) in [5.74, 6) is 0.0881. The van der Waals surface area contributed by atoms with Crippen molar-refractivity contribution in [3.63, 3.8) is 0 Å². The molecular weight excluding hydrogens is 270 g/mol. The molecule has 0 radical (unpaired) electrons. The first-order chi connectivity index (χ1) is 9.97. The van der Waals surface area contributed by atoms with Crippen LogP contribution in [0.3, 0.4) is 0 Å². The van der Waals surface area contributed by atoms with Crippen molar-refractivity contribution in [2.24, 2.45) is 0 Å². The molecule has 5 nitrogen and oxygen atoms in total. The summed E-state index contributed by atoms with van der Waals surface area (Å²) in [4.78, 5) is 11.1. The fourth-order valence-electron chi connectivity index (χ4n) is 1.81. The van der Waals surface area contributed by atoms with E-state index in [2.05, 4.69) is 19.2 Å². The lowest BCUT2D eigenvalue weighted by Crippen LogP contribution is -2.26. The lowest BCUT2D eigenvalue weighted by molar-refractivity contribution is -0.145. The molecule has 0 aliphatic rings. The molecule has 0 heterocycles. The highest BCUT2D eigenvalue weighted by atomic mass is 16.5. The van der Waals surface area contributed by atoms with Gasteiger partial charge in [0.1, 0.15) is 0 Å². The molecule has 1 atom stereocenters. The summed E-state index contributed by atoms with van der Waals surface area (Å²) < 4.78 is 11.1. The number of hydrogen-bond acceptors (Lipinski definition) is 4. The van der Waals surface area contributed by atoms with E-state index in [1.807, 2.05) is 19.1 Å². The minimum atomic E-state index is -0.967. The summed E-state index contributed by atoms with van der Waals surface area (Å²) in [6.07, 6.45) is -0.457. The van der Waals surface area contributed by atoms with Crippen molar-refractivity contribution in [3.05, 3.63) is 23.8 Å². The lowest BCUT2D eigenvalue weighted by Gasteiger charge is -2.17. The maximum absolute atomic E-state index is 11.1. The first-order valence-corrected chi connectivity index (χ1v) is 7.36. The fourth-order valence-corrected chi connectivity index (χ4v) is 1.81. The molecule has 2 N–H and O–H groups in total.